The van der Waals surface area contributed by atoms with Gasteiger partial charge in [-0.15, -0.1) is 28.5 Å². The van der Waals surface area contributed by atoms with Gasteiger partial charge in [0.15, 0.2) is 5.82 Å². The van der Waals surface area contributed by atoms with E-state index in [4.69, 9.17) is 18.9 Å². The molecule has 234 valence electrons. The van der Waals surface area contributed by atoms with Crippen LogP contribution in [-0.2, 0) is 20.9 Å². The Bertz CT molecular complexity index is 1550. The van der Waals surface area contributed by atoms with Gasteiger partial charge in [-0.05, 0) is 43.5 Å². The van der Waals surface area contributed by atoms with Gasteiger partial charge in [0.1, 0.15) is 29.8 Å². The van der Waals surface area contributed by atoms with Crippen LogP contribution in [0.1, 0.15) is 56.1 Å². The molecule has 44 heavy (non-hydrogen) atoms. The molecule has 2 saturated heterocycles. The average Bonchev–Trinajstić information content (AvgIpc) is 3.84. The molecule has 4 heterocycles. The zero-order valence-corrected chi connectivity index (χ0v) is 25.3. The van der Waals surface area contributed by atoms with Gasteiger partial charge in [-0.1, -0.05) is 37.5 Å². The number of benzene rings is 2. The molecule has 7 rings (SSSR count). The predicted octanol–water partition coefficient (Wildman–Crippen LogP) is 7.14. The molecule has 4 atom stereocenters. The highest BCUT2D eigenvalue weighted by Crippen LogP contribution is 2.81. The van der Waals surface area contributed by atoms with Crippen LogP contribution in [0.5, 0.6) is 11.6 Å². The van der Waals surface area contributed by atoms with Crippen molar-refractivity contribution in [1.29, 1.82) is 0 Å². The maximum Gasteiger partial charge on any atom is 0.298 e. The Labute approximate surface area is 258 Å². The molecule has 1 aromatic heterocycles. The zero-order valence-electron chi connectivity index (χ0n) is 24.5. The highest BCUT2D eigenvalue weighted by atomic mass is 32.2. The van der Waals surface area contributed by atoms with E-state index in [0.29, 0.717) is 49.1 Å². The molecule has 2 aromatic carbocycles. The molecule has 4 aliphatic rings. The molecule has 0 amide bonds. The first-order valence-electron chi connectivity index (χ1n) is 15.4. The van der Waals surface area contributed by atoms with Crippen LogP contribution in [0.25, 0.3) is 10.8 Å². The van der Waals surface area contributed by atoms with E-state index in [9.17, 15) is 0 Å². The Hall–Kier alpha value is -3.02. The summed E-state index contributed by atoms with van der Waals surface area (Å²) < 4.78 is 70.1. The van der Waals surface area contributed by atoms with Crippen molar-refractivity contribution in [2.24, 2.45) is 0 Å². The molecule has 3 aromatic rings. The lowest BCUT2D eigenvalue weighted by Gasteiger charge is -2.36. The van der Waals surface area contributed by atoms with E-state index in [2.05, 4.69) is 22.1 Å². The summed E-state index contributed by atoms with van der Waals surface area (Å²) in [4.78, 5) is 0. The van der Waals surface area contributed by atoms with Crippen LogP contribution in [0.15, 0.2) is 49.1 Å². The first kappa shape index (κ1) is 29.7. The standard InChI is InChI=1S/C33H36F3N3O4S/c1-2-31(32-18-27(32)44-32)25-9-8-10-26(28(25)34)33(35,36)20-41-14-6-4-3-5-7-15-42-30-23-12-11-21(43-22-13-16-40-19-22)17-24(23)29(37-31)38-39-30/h2,8-12,17,22,27H,1,3-7,13-16,18-20H2,(H,37,38)/t22?,27-,31-,32?/m0/s1. The minimum Gasteiger partial charge on any atom is -0.488 e. The summed E-state index contributed by atoms with van der Waals surface area (Å²) in [5.74, 6) is -3.10. The number of rotatable bonds is 4. The molecular weight excluding hydrogens is 591 g/mol. The highest BCUT2D eigenvalue weighted by Gasteiger charge is 2.81. The van der Waals surface area contributed by atoms with Crippen LogP contribution in [0.4, 0.5) is 19.0 Å². The summed E-state index contributed by atoms with van der Waals surface area (Å²) in [7, 11) is 0. The number of thioether (sulfide) groups is 1. The van der Waals surface area contributed by atoms with Crippen molar-refractivity contribution in [3.63, 3.8) is 0 Å². The molecule has 7 nitrogen and oxygen atoms in total. The fourth-order valence-electron chi connectivity index (χ4n) is 6.44. The van der Waals surface area contributed by atoms with Gasteiger partial charge >= 0.3 is 0 Å². The largest absolute Gasteiger partial charge is 0.488 e. The van der Waals surface area contributed by atoms with Crippen molar-refractivity contribution < 1.29 is 32.1 Å². The van der Waals surface area contributed by atoms with Gasteiger partial charge in [-0.3, -0.25) is 0 Å². The first-order valence-corrected chi connectivity index (χ1v) is 16.3. The van der Waals surface area contributed by atoms with E-state index in [1.54, 1.807) is 23.9 Å². The predicted molar refractivity (Wildman–Crippen MR) is 163 cm³/mol. The molecule has 1 N–H and O–H groups in total. The van der Waals surface area contributed by atoms with Crippen LogP contribution in [0.3, 0.4) is 0 Å². The number of nitrogens with zero attached hydrogens (tertiary/aromatic N) is 2. The van der Waals surface area contributed by atoms with Crippen molar-refractivity contribution in [1.82, 2.24) is 10.2 Å². The topological polar surface area (TPSA) is 74.7 Å². The van der Waals surface area contributed by atoms with Gasteiger partial charge in [0, 0.05) is 34.6 Å². The Morgan fingerprint density at radius 2 is 1.75 bits per heavy atom. The lowest BCUT2D eigenvalue weighted by Crippen LogP contribution is -2.43. The molecule has 0 spiro atoms. The molecule has 3 aliphatic heterocycles. The van der Waals surface area contributed by atoms with Crippen LogP contribution in [0, 0.1) is 5.82 Å². The third kappa shape index (κ3) is 5.30. The quantitative estimate of drug-likeness (QED) is 0.242. The van der Waals surface area contributed by atoms with E-state index >= 15 is 13.2 Å². The smallest absolute Gasteiger partial charge is 0.298 e. The first-order chi connectivity index (χ1) is 21.4. The fourth-order valence-corrected chi connectivity index (χ4v) is 7.81. The lowest BCUT2D eigenvalue weighted by atomic mass is 9.82. The Morgan fingerprint density at radius 3 is 2.50 bits per heavy atom. The van der Waals surface area contributed by atoms with Gasteiger partial charge in [0.25, 0.3) is 5.92 Å². The fraction of sp³-hybridized carbons (Fsp3) is 0.515. The number of halogens is 3. The minimum absolute atomic E-state index is 0.0649. The third-order valence-corrected chi connectivity index (χ3v) is 10.9. The number of hydrogen-bond acceptors (Lipinski definition) is 8. The van der Waals surface area contributed by atoms with E-state index in [1.165, 1.54) is 6.07 Å². The van der Waals surface area contributed by atoms with Crippen molar-refractivity contribution in [3.8, 4) is 11.6 Å². The van der Waals surface area contributed by atoms with Gasteiger partial charge in [0.05, 0.1) is 30.1 Å². The number of alkyl halides is 2. The van der Waals surface area contributed by atoms with Crippen LogP contribution >= 0.6 is 11.8 Å². The summed E-state index contributed by atoms with van der Waals surface area (Å²) in [5.41, 5.74) is -1.83. The number of nitrogens with one attached hydrogen (secondary N) is 1. The van der Waals surface area contributed by atoms with Crippen LogP contribution < -0.4 is 14.8 Å². The maximum atomic E-state index is 16.4. The van der Waals surface area contributed by atoms with Crippen LogP contribution in [-0.4, -0.2) is 59.3 Å². The summed E-state index contributed by atoms with van der Waals surface area (Å²) in [6, 6.07) is 9.81. The Morgan fingerprint density at radius 1 is 0.977 bits per heavy atom. The highest BCUT2D eigenvalue weighted by molar-refractivity contribution is 8.10. The molecular formula is C33H36F3N3O4S. The van der Waals surface area contributed by atoms with Crippen molar-refractivity contribution in [2.75, 3.05) is 38.4 Å². The molecule has 11 heteroatoms. The van der Waals surface area contributed by atoms with Gasteiger partial charge in [-0.2, -0.15) is 8.78 Å². The Kier molecular flexibility index (Phi) is 7.91. The van der Waals surface area contributed by atoms with E-state index in [0.717, 1.165) is 50.0 Å². The summed E-state index contributed by atoms with van der Waals surface area (Å²) in [6.07, 6.45) is 7.30. The second kappa shape index (κ2) is 11.7. The lowest BCUT2D eigenvalue weighted by molar-refractivity contribution is -0.0854. The van der Waals surface area contributed by atoms with Gasteiger partial charge < -0.3 is 24.3 Å². The zero-order chi connectivity index (χ0) is 30.4. The summed E-state index contributed by atoms with van der Waals surface area (Å²) in [5, 5.41) is 14.1. The second-order valence-corrected chi connectivity index (χ2v) is 13.6. The van der Waals surface area contributed by atoms with Gasteiger partial charge in [0.2, 0.25) is 5.88 Å². The number of ether oxygens (including phenoxy) is 4. The summed E-state index contributed by atoms with van der Waals surface area (Å²) >= 11 is 1.68. The average molecular weight is 628 g/mol. The van der Waals surface area contributed by atoms with E-state index in [1.807, 2.05) is 18.2 Å². The van der Waals surface area contributed by atoms with E-state index < -0.39 is 34.2 Å². The van der Waals surface area contributed by atoms with Crippen molar-refractivity contribution >= 4 is 28.4 Å². The third-order valence-electron chi connectivity index (χ3n) is 9.11. The summed E-state index contributed by atoms with van der Waals surface area (Å²) in [6.45, 7) is 5.04. The van der Waals surface area contributed by atoms with Gasteiger partial charge in [-0.25, -0.2) is 4.39 Å². The van der Waals surface area contributed by atoms with Crippen molar-refractivity contribution in [2.45, 2.75) is 72.5 Å². The number of hydrogen-bond donors (Lipinski definition) is 1. The molecule has 3 fully saturated rings. The maximum absolute atomic E-state index is 16.4. The SMILES string of the molecule is C=C[C@]1(C23C[C@@H]2S3)Nc2nnc(c3ccc(OC4CCOC4)cc23)OCCCCCCCOCC(F)(F)c2cccc1c2F. The molecule has 1 aliphatic carbocycles. The Balaban J connectivity index is 1.34. The number of aromatic nitrogens is 2. The molecule has 2 unspecified atom stereocenters. The number of fused-ring (bicyclic) bond motifs is 9. The van der Waals surface area contributed by atoms with Crippen LogP contribution in [0.2, 0.25) is 0 Å². The molecule has 0 radical (unpaired) electrons. The van der Waals surface area contributed by atoms with Crippen molar-refractivity contribution in [3.05, 3.63) is 66.0 Å². The normalized spacial score (nSPS) is 30.1. The molecule has 1 saturated carbocycles. The number of anilines is 1. The minimum atomic E-state index is -3.51. The molecule has 4 bridgehead atoms. The van der Waals surface area contributed by atoms with E-state index in [-0.39, 0.29) is 23.5 Å². The monoisotopic (exact) mass is 627 g/mol. The second-order valence-electron chi connectivity index (χ2n) is 12.0.